The number of amides is 1. The molecule has 370 valence electrons. The van der Waals surface area contributed by atoms with Crippen molar-refractivity contribution in [2.75, 3.05) is 54.5 Å². The third kappa shape index (κ3) is 9.77. The van der Waals surface area contributed by atoms with Crippen LogP contribution in [-0.4, -0.2) is 116 Å². The lowest BCUT2D eigenvalue weighted by Gasteiger charge is -2.43. The van der Waals surface area contributed by atoms with Crippen LogP contribution < -0.4 is 41.3 Å². The molecule has 4 aromatic rings. The SMILES string of the molecule is CCN1c2cc3c(cc2C(C)=CC1(C)C)N=c1cc2c(cc1O3)=[N+](CCCC(=O)NCCCCCCNc1nc3c(N)ncnc3n1[C@@H]1O[C@@H]3COP(=O)(O)O[C@H]3[C@H]1O)C(C)(C)C=C2CS(=O)(=O)[O-]. The fourth-order valence-corrected chi connectivity index (χ4v) is 11.8. The number of benzene rings is 2. The van der Waals surface area contributed by atoms with E-state index in [1.54, 1.807) is 10.6 Å². The summed E-state index contributed by atoms with van der Waals surface area (Å²) in [5.41, 5.74) is 10.7. The Labute approximate surface area is 399 Å². The molecule has 0 aliphatic carbocycles. The van der Waals surface area contributed by atoms with Crippen molar-refractivity contribution < 1.29 is 50.9 Å². The van der Waals surface area contributed by atoms with Crippen LogP contribution in [0.2, 0.25) is 0 Å². The quantitative estimate of drug-likeness (QED) is 0.0404. The number of imidazole rings is 1. The van der Waals surface area contributed by atoms with E-state index in [0.29, 0.717) is 82.2 Å². The van der Waals surface area contributed by atoms with Gasteiger partial charge in [-0.1, -0.05) is 18.9 Å². The molecule has 7 heterocycles. The molecular weight excluding hydrogens is 932 g/mol. The van der Waals surface area contributed by atoms with Gasteiger partial charge in [-0.15, -0.1) is 0 Å². The molecule has 0 spiro atoms. The molecule has 0 saturated carbocycles. The minimum absolute atomic E-state index is 0.0847. The van der Waals surface area contributed by atoms with E-state index in [2.05, 4.69) is 68.8 Å². The number of carbonyl (C=O) groups is 1. The first-order chi connectivity index (χ1) is 32.6. The number of nitrogens with two attached hydrogens (primary N) is 1. The lowest BCUT2D eigenvalue weighted by molar-refractivity contribution is -0.121. The Hall–Kier alpha value is -5.32. The minimum Gasteiger partial charge on any atom is -0.748 e. The van der Waals surface area contributed by atoms with E-state index >= 15 is 0 Å². The number of aliphatic hydroxyl groups is 1. The lowest BCUT2D eigenvalue weighted by atomic mass is 9.88. The van der Waals surface area contributed by atoms with Crippen molar-refractivity contribution in [1.82, 2.24) is 29.4 Å². The highest BCUT2D eigenvalue weighted by atomic mass is 32.2. The van der Waals surface area contributed by atoms with E-state index < -0.39 is 53.8 Å². The van der Waals surface area contributed by atoms with Crippen molar-refractivity contribution in [3.8, 4) is 11.5 Å². The molecule has 5 aliphatic heterocycles. The van der Waals surface area contributed by atoms with Gasteiger partial charge in [-0.3, -0.25) is 18.4 Å². The van der Waals surface area contributed by atoms with Gasteiger partial charge in [-0.05, 0) is 69.9 Å². The van der Waals surface area contributed by atoms with Crippen LogP contribution in [0.1, 0.15) is 97.4 Å². The number of fused-ring (bicyclic) bond motifs is 6. The molecule has 21 nitrogen and oxygen atoms in total. The number of ether oxygens (including phenoxy) is 2. The van der Waals surface area contributed by atoms with Crippen LogP contribution in [0.4, 0.5) is 23.1 Å². The maximum atomic E-state index is 13.1. The number of hydrogen-bond donors (Lipinski definition) is 5. The molecule has 5 aliphatic rings. The van der Waals surface area contributed by atoms with Gasteiger partial charge >= 0.3 is 7.82 Å². The number of likely N-dealkylation sites (N-methyl/N-ethyl adjacent to an activating group) is 1. The summed E-state index contributed by atoms with van der Waals surface area (Å²) in [5.74, 6) is 0.816. The van der Waals surface area contributed by atoms with Gasteiger partial charge in [-0.25, -0.2) is 37.5 Å². The minimum atomic E-state index is -4.62. The molecule has 2 aromatic carbocycles. The molecule has 23 heteroatoms. The third-order valence-corrected chi connectivity index (χ3v) is 15.0. The molecule has 5 atom stereocenters. The Morgan fingerprint density at radius 1 is 1.04 bits per heavy atom. The number of anilines is 3. The Morgan fingerprint density at radius 3 is 2.57 bits per heavy atom. The molecule has 2 aromatic heterocycles. The Kier molecular flexibility index (Phi) is 13.0. The van der Waals surface area contributed by atoms with Crippen LogP contribution in [0, 0.1) is 0 Å². The number of unbranched alkanes of at least 4 members (excludes halogenated alkanes) is 3. The Bertz CT molecular complexity index is 3080. The van der Waals surface area contributed by atoms with E-state index in [1.807, 2.05) is 38.1 Å². The highest BCUT2D eigenvalue weighted by Gasteiger charge is 2.53. The normalized spacial score (nSPS) is 24.2. The first kappa shape index (κ1) is 48.7. The summed E-state index contributed by atoms with van der Waals surface area (Å²) in [7, 11) is -8.96. The van der Waals surface area contributed by atoms with Gasteiger partial charge in [0.1, 0.15) is 42.2 Å². The highest BCUT2D eigenvalue weighted by Crippen LogP contribution is 2.53. The van der Waals surface area contributed by atoms with Crippen LogP contribution in [-0.2, 0) is 33.3 Å². The summed E-state index contributed by atoms with van der Waals surface area (Å²) in [6.45, 7) is 14.5. The second-order valence-corrected chi connectivity index (χ2v) is 22.0. The maximum Gasteiger partial charge on any atom is 0.472 e. The average molecular weight is 991 g/mol. The van der Waals surface area contributed by atoms with Crippen LogP contribution >= 0.6 is 7.82 Å². The van der Waals surface area contributed by atoms with E-state index in [9.17, 15) is 32.3 Å². The van der Waals surface area contributed by atoms with E-state index in [0.717, 1.165) is 49.1 Å². The number of allylic oxidation sites excluding steroid dienone is 1. The number of carbonyl (C=O) groups excluding carboxylic acids is 1. The molecule has 2 fully saturated rings. The van der Waals surface area contributed by atoms with E-state index in [1.165, 1.54) is 6.33 Å². The number of rotatable bonds is 16. The van der Waals surface area contributed by atoms with Crippen molar-refractivity contribution in [2.24, 2.45) is 4.99 Å². The molecule has 1 amide bonds. The van der Waals surface area contributed by atoms with Crippen LogP contribution in [0.3, 0.4) is 0 Å². The average Bonchev–Trinajstić information content (AvgIpc) is 3.79. The lowest BCUT2D eigenvalue weighted by Crippen LogP contribution is -2.50. The van der Waals surface area contributed by atoms with Gasteiger partial charge in [0.25, 0.3) is 0 Å². The van der Waals surface area contributed by atoms with E-state index in [4.69, 9.17) is 29.2 Å². The fourth-order valence-electron chi connectivity index (χ4n) is 10.3. The second kappa shape index (κ2) is 18.5. The molecular formula is C46H59N10O11PS. The van der Waals surface area contributed by atoms with Gasteiger partial charge in [0.2, 0.25) is 17.2 Å². The number of nitrogens with zero attached hydrogens (tertiary/aromatic N) is 7. The number of phosphoric acid groups is 1. The monoisotopic (exact) mass is 990 g/mol. The van der Waals surface area contributed by atoms with Gasteiger partial charge in [0.15, 0.2) is 40.2 Å². The van der Waals surface area contributed by atoms with Crippen molar-refractivity contribution in [3.05, 3.63) is 64.6 Å². The van der Waals surface area contributed by atoms with Crippen LogP contribution in [0.25, 0.3) is 22.3 Å². The molecule has 9 rings (SSSR count). The number of hydrogen-bond acceptors (Lipinski definition) is 17. The number of phosphoric ester groups is 1. The molecule has 6 N–H and O–H groups in total. The summed E-state index contributed by atoms with van der Waals surface area (Å²) < 4.78 is 74.9. The molecule has 0 bridgehead atoms. The van der Waals surface area contributed by atoms with Crippen molar-refractivity contribution in [2.45, 2.75) is 116 Å². The number of nitrogen functional groups attached to an aromatic ring is 1. The summed E-state index contributed by atoms with van der Waals surface area (Å²) in [5, 5.41) is 18.7. The Balaban J connectivity index is 0.810. The Morgan fingerprint density at radius 2 is 1.81 bits per heavy atom. The topological polar surface area (TPSA) is 281 Å². The number of aliphatic hydroxyl groups excluding tert-OH is 1. The molecule has 2 saturated heterocycles. The maximum absolute atomic E-state index is 13.1. The first-order valence-electron chi connectivity index (χ1n) is 23.3. The summed E-state index contributed by atoms with van der Waals surface area (Å²) >= 11 is 0. The first-order valence-corrected chi connectivity index (χ1v) is 26.3. The van der Waals surface area contributed by atoms with Crippen molar-refractivity contribution >= 4 is 69.3 Å². The highest BCUT2D eigenvalue weighted by molar-refractivity contribution is 7.86. The van der Waals surface area contributed by atoms with Crippen LogP contribution in [0.5, 0.6) is 11.5 Å². The predicted octanol–water partition coefficient (Wildman–Crippen LogP) is 4.04. The summed E-state index contributed by atoms with van der Waals surface area (Å²) in [6, 6.07) is 7.74. The number of aromatic nitrogens is 4. The van der Waals surface area contributed by atoms with E-state index in [-0.39, 0.29) is 30.3 Å². The fraction of sp³-hybridized carbons (Fsp3) is 0.522. The summed E-state index contributed by atoms with van der Waals surface area (Å²) in [6.07, 6.45) is 4.97. The zero-order valence-electron chi connectivity index (χ0n) is 39.5. The standard InChI is InChI=1S/C46H59N10O11PS/c1-7-54-32-19-34-30(17-28(32)26(2)21-45(54,3)4)52-31-18-29-27(24-69(61,62)63)22-46(5,6)55(33(29)20-35(31)65-34)16-12-13-37(57)48-14-10-8-9-11-15-49-44-53-38-41(47)50-25-51-42(38)56(44)43-39(58)40-36(66-43)23-64-68(59,60)67-40/h17-22,25,36,39-40,43,47,52,58H,7-16,23-24H2,1-6H3,(H3,48,57,59,60,61,62,63)/t36-,39-,40-,43-/m1/s1. The molecule has 0 radical (unpaired) electrons. The second-order valence-electron chi connectivity index (χ2n) is 19.2. The molecule has 69 heavy (non-hydrogen) atoms. The molecule has 1 unspecified atom stereocenters. The van der Waals surface area contributed by atoms with Crippen molar-refractivity contribution in [1.29, 1.82) is 0 Å². The summed E-state index contributed by atoms with van der Waals surface area (Å²) in [4.78, 5) is 43.2. The van der Waals surface area contributed by atoms with Gasteiger partial charge in [-0.2, -0.15) is 0 Å². The zero-order chi connectivity index (χ0) is 49.2. The van der Waals surface area contributed by atoms with Gasteiger partial charge < -0.3 is 45.3 Å². The van der Waals surface area contributed by atoms with Gasteiger partial charge in [0, 0.05) is 63.6 Å². The van der Waals surface area contributed by atoms with Gasteiger partial charge in [0.05, 0.1) is 39.6 Å². The third-order valence-electron chi connectivity index (χ3n) is 13.3. The van der Waals surface area contributed by atoms with Crippen LogP contribution in [0.15, 0.2) is 47.7 Å². The predicted molar refractivity (Wildman–Crippen MR) is 256 cm³/mol. The zero-order valence-corrected chi connectivity index (χ0v) is 41.2. The number of nitrogens with one attached hydrogen (secondary N) is 2. The smallest absolute Gasteiger partial charge is 0.472 e. The largest absolute Gasteiger partial charge is 0.748 e. The van der Waals surface area contributed by atoms with Crippen molar-refractivity contribution in [3.63, 3.8) is 0 Å².